The van der Waals surface area contributed by atoms with Gasteiger partial charge in [-0.15, -0.1) is 0 Å². The standard InChI is InChI=1S/C23H31NO9/c25-19-20-1-3-21(4-2-20)33-18-17-32-16-15-31-14-13-30-12-11-29-10-9-28-8-7-24-22(26)5-6-23(24)27/h1-6,19H,7-18H2. The molecule has 1 aliphatic rings. The van der Waals surface area contributed by atoms with Gasteiger partial charge in [0.2, 0.25) is 0 Å². The molecule has 0 bridgehead atoms. The fraction of sp³-hybridized carbons (Fsp3) is 0.522. The van der Waals surface area contributed by atoms with Crippen LogP contribution in [0.15, 0.2) is 36.4 Å². The summed E-state index contributed by atoms with van der Waals surface area (Å²) >= 11 is 0. The molecule has 1 aliphatic heterocycles. The number of nitrogens with zero attached hydrogens (tertiary/aromatic N) is 1. The first kappa shape index (κ1) is 26.6. The lowest BCUT2D eigenvalue weighted by Crippen LogP contribution is -2.33. The van der Waals surface area contributed by atoms with Gasteiger partial charge in [0, 0.05) is 17.7 Å². The molecule has 33 heavy (non-hydrogen) atoms. The van der Waals surface area contributed by atoms with E-state index in [9.17, 15) is 14.4 Å². The van der Waals surface area contributed by atoms with Crippen molar-refractivity contribution in [1.29, 1.82) is 0 Å². The number of rotatable bonds is 20. The van der Waals surface area contributed by atoms with Crippen LogP contribution in [0.2, 0.25) is 0 Å². The highest BCUT2D eigenvalue weighted by Crippen LogP contribution is 2.10. The molecule has 0 spiro atoms. The molecule has 1 heterocycles. The number of hydrogen-bond acceptors (Lipinski definition) is 9. The number of imide groups is 1. The van der Waals surface area contributed by atoms with Gasteiger partial charge in [0.1, 0.15) is 18.6 Å². The van der Waals surface area contributed by atoms with Gasteiger partial charge in [0.25, 0.3) is 11.8 Å². The highest BCUT2D eigenvalue weighted by Gasteiger charge is 2.22. The first-order valence-electron chi connectivity index (χ1n) is 10.8. The maximum absolute atomic E-state index is 11.3. The van der Waals surface area contributed by atoms with Crippen molar-refractivity contribution in [2.45, 2.75) is 0 Å². The molecule has 0 saturated carbocycles. The predicted molar refractivity (Wildman–Crippen MR) is 117 cm³/mol. The van der Waals surface area contributed by atoms with E-state index in [-0.39, 0.29) is 25.0 Å². The van der Waals surface area contributed by atoms with Gasteiger partial charge < -0.3 is 28.4 Å². The molecule has 10 nitrogen and oxygen atoms in total. The average molecular weight is 465 g/mol. The molecule has 0 aliphatic carbocycles. The third-order valence-electron chi connectivity index (χ3n) is 4.36. The van der Waals surface area contributed by atoms with Crippen LogP contribution in [0.1, 0.15) is 10.4 Å². The summed E-state index contributed by atoms with van der Waals surface area (Å²) in [4.78, 5) is 34.4. The van der Waals surface area contributed by atoms with E-state index in [1.54, 1.807) is 24.3 Å². The van der Waals surface area contributed by atoms with E-state index in [4.69, 9.17) is 28.4 Å². The number of aldehydes is 1. The largest absolute Gasteiger partial charge is 0.491 e. The van der Waals surface area contributed by atoms with Crippen LogP contribution in [0.5, 0.6) is 5.75 Å². The monoisotopic (exact) mass is 465 g/mol. The topological polar surface area (TPSA) is 110 Å². The summed E-state index contributed by atoms with van der Waals surface area (Å²) in [5, 5.41) is 0. The van der Waals surface area contributed by atoms with Gasteiger partial charge in [-0.2, -0.15) is 0 Å². The van der Waals surface area contributed by atoms with Crippen LogP contribution in [0.25, 0.3) is 0 Å². The fourth-order valence-corrected chi connectivity index (χ4v) is 2.65. The normalized spacial score (nSPS) is 13.2. The summed E-state index contributed by atoms with van der Waals surface area (Å²) < 4.78 is 32.5. The molecule has 0 saturated heterocycles. The molecule has 0 atom stereocenters. The van der Waals surface area contributed by atoms with Crippen molar-refractivity contribution in [1.82, 2.24) is 4.90 Å². The first-order valence-corrected chi connectivity index (χ1v) is 10.8. The Labute approximate surface area is 193 Å². The zero-order valence-corrected chi connectivity index (χ0v) is 18.6. The highest BCUT2D eigenvalue weighted by atomic mass is 16.6. The molecular formula is C23H31NO9. The summed E-state index contributed by atoms with van der Waals surface area (Å²) in [6.45, 7) is 4.93. The number of hydrogen-bond donors (Lipinski definition) is 0. The number of carbonyl (C=O) groups excluding carboxylic acids is 3. The van der Waals surface area contributed by atoms with Crippen LogP contribution in [-0.4, -0.2) is 102 Å². The molecule has 1 aromatic rings. The maximum atomic E-state index is 11.3. The fourth-order valence-electron chi connectivity index (χ4n) is 2.65. The Kier molecular flexibility index (Phi) is 13.7. The third kappa shape index (κ3) is 11.7. The van der Waals surface area contributed by atoms with E-state index in [2.05, 4.69) is 0 Å². The molecular weight excluding hydrogens is 434 g/mol. The second kappa shape index (κ2) is 16.9. The van der Waals surface area contributed by atoms with Gasteiger partial charge in [-0.25, -0.2) is 0 Å². The lowest BCUT2D eigenvalue weighted by molar-refractivity contribution is -0.137. The molecule has 10 heteroatoms. The minimum absolute atomic E-state index is 0.240. The predicted octanol–water partition coefficient (Wildman–Crippen LogP) is 0.886. The van der Waals surface area contributed by atoms with Gasteiger partial charge in [0.15, 0.2) is 0 Å². The molecule has 0 radical (unpaired) electrons. The molecule has 0 aromatic heterocycles. The van der Waals surface area contributed by atoms with Crippen molar-refractivity contribution in [3.8, 4) is 5.75 Å². The summed E-state index contributed by atoms with van der Waals surface area (Å²) in [5.74, 6) is 0.0803. The maximum Gasteiger partial charge on any atom is 0.253 e. The van der Waals surface area contributed by atoms with E-state index in [1.807, 2.05) is 0 Å². The van der Waals surface area contributed by atoms with Gasteiger partial charge in [-0.3, -0.25) is 19.3 Å². The smallest absolute Gasteiger partial charge is 0.253 e. The Bertz CT molecular complexity index is 718. The van der Waals surface area contributed by atoms with Gasteiger partial charge >= 0.3 is 0 Å². The summed E-state index contributed by atoms with van der Waals surface area (Å²) in [6.07, 6.45) is 3.29. The Morgan fingerprint density at radius 1 is 0.606 bits per heavy atom. The van der Waals surface area contributed by atoms with Crippen LogP contribution in [0.4, 0.5) is 0 Å². The van der Waals surface area contributed by atoms with E-state index in [0.717, 1.165) is 11.2 Å². The van der Waals surface area contributed by atoms with Crippen molar-refractivity contribution in [3.63, 3.8) is 0 Å². The molecule has 1 aromatic carbocycles. The Morgan fingerprint density at radius 2 is 1.03 bits per heavy atom. The molecule has 2 rings (SSSR count). The van der Waals surface area contributed by atoms with Gasteiger partial charge in [-0.05, 0) is 24.3 Å². The molecule has 0 unspecified atom stereocenters. The van der Waals surface area contributed by atoms with Crippen LogP contribution >= 0.6 is 0 Å². The lowest BCUT2D eigenvalue weighted by Gasteiger charge is -2.13. The quantitative estimate of drug-likeness (QED) is 0.157. The van der Waals surface area contributed by atoms with E-state index in [0.29, 0.717) is 77.4 Å². The molecule has 0 fully saturated rings. The van der Waals surface area contributed by atoms with Crippen molar-refractivity contribution in [2.75, 3.05) is 79.2 Å². The summed E-state index contributed by atoms with van der Waals surface area (Å²) in [7, 11) is 0. The lowest BCUT2D eigenvalue weighted by atomic mass is 10.2. The zero-order chi connectivity index (χ0) is 23.6. The molecule has 0 N–H and O–H groups in total. The summed E-state index contributed by atoms with van der Waals surface area (Å²) in [6, 6.07) is 6.89. The van der Waals surface area contributed by atoms with Crippen molar-refractivity contribution in [2.24, 2.45) is 0 Å². The second-order valence-electron chi connectivity index (χ2n) is 6.76. The third-order valence-corrected chi connectivity index (χ3v) is 4.36. The Morgan fingerprint density at radius 3 is 1.48 bits per heavy atom. The van der Waals surface area contributed by atoms with E-state index >= 15 is 0 Å². The summed E-state index contributed by atoms with van der Waals surface area (Å²) in [5.41, 5.74) is 0.611. The molecule has 182 valence electrons. The minimum atomic E-state index is -0.307. The van der Waals surface area contributed by atoms with Crippen molar-refractivity contribution in [3.05, 3.63) is 42.0 Å². The van der Waals surface area contributed by atoms with Crippen LogP contribution < -0.4 is 4.74 Å². The van der Waals surface area contributed by atoms with Crippen LogP contribution in [0, 0.1) is 0 Å². The minimum Gasteiger partial charge on any atom is -0.491 e. The SMILES string of the molecule is O=Cc1ccc(OCCOCCOCCOCCOCCOCCN2C(=O)C=CC2=O)cc1. The average Bonchev–Trinajstić information content (AvgIpc) is 3.15. The van der Waals surface area contributed by atoms with Crippen LogP contribution in [0.3, 0.4) is 0 Å². The van der Waals surface area contributed by atoms with Gasteiger partial charge in [-0.1, -0.05) is 0 Å². The number of amides is 2. The second-order valence-corrected chi connectivity index (χ2v) is 6.76. The van der Waals surface area contributed by atoms with E-state index in [1.165, 1.54) is 12.2 Å². The van der Waals surface area contributed by atoms with Crippen molar-refractivity contribution >= 4 is 18.1 Å². The van der Waals surface area contributed by atoms with Crippen molar-refractivity contribution < 1.29 is 42.8 Å². The molecule has 2 amide bonds. The number of benzene rings is 1. The van der Waals surface area contributed by atoms with E-state index < -0.39 is 0 Å². The Balaban J connectivity index is 1.25. The van der Waals surface area contributed by atoms with Gasteiger partial charge in [0.05, 0.1) is 72.6 Å². The van der Waals surface area contributed by atoms with Crippen LogP contribution in [-0.2, 0) is 33.3 Å². The zero-order valence-electron chi connectivity index (χ0n) is 18.6. The number of ether oxygens (including phenoxy) is 6. The first-order chi connectivity index (χ1) is 16.2. The Hall–Kier alpha value is -2.63. The highest BCUT2D eigenvalue weighted by molar-refractivity contribution is 6.12. The number of carbonyl (C=O) groups is 3.